The summed E-state index contributed by atoms with van der Waals surface area (Å²) in [6.07, 6.45) is 11.6. The van der Waals surface area contributed by atoms with E-state index in [0.29, 0.717) is 11.0 Å². The van der Waals surface area contributed by atoms with Gasteiger partial charge in [-0.15, -0.1) is 0 Å². The molecule has 2 heteroatoms. The highest BCUT2D eigenvalue weighted by molar-refractivity contribution is 5.90. The largest absolute Gasteiger partial charge is 0.455 e. The Morgan fingerprint density at radius 3 is 1.93 bits per heavy atom. The summed E-state index contributed by atoms with van der Waals surface area (Å²) in [6.45, 7) is 4.62. The number of esters is 1. The van der Waals surface area contributed by atoms with Crippen LogP contribution in [0.5, 0.6) is 0 Å². The van der Waals surface area contributed by atoms with Crippen LogP contribution in [0.1, 0.15) is 87.6 Å². The fraction of sp³-hybridized carbons (Fsp3) is 0.519. The molecule has 2 aromatic carbocycles. The Morgan fingerprint density at radius 1 is 0.828 bits per heavy atom. The smallest absolute Gasteiger partial charge is 0.338 e. The van der Waals surface area contributed by atoms with E-state index in [-0.39, 0.29) is 11.6 Å². The summed E-state index contributed by atoms with van der Waals surface area (Å²) < 4.78 is 6.07. The Bertz CT molecular complexity index is 807. The lowest BCUT2D eigenvalue weighted by molar-refractivity contribution is -0.0987. The Hall–Kier alpha value is -2.09. The van der Waals surface area contributed by atoms with Crippen molar-refractivity contribution in [3.63, 3.8) is 0 Å². The number of unbranched alkanes of at least 4 members (excludes halogenated alkanes) is 2. The molecule has 5 rings (SSSR count). The topological polar surface area (TPSA) is 26.3 Å². The van der Waals surface area contributed by atoms with Crippen LogP contribution in [-0.4, -0.2) is 11.6 Å². The molecule has 2 nitrogen and oxygen atoms in total. The zero-order valence-corrected chi connectivity index (χ0v) is 18.0. The first-order valence-corrected chi connectivity index (χ1v) is 11.4. The van der Waals surface area contributed by atoms with Gasteiger partial charge in [-0.2, -0.15) is 0 Å². The minimum atomic E-state index is -0.207. The van der Waals surface area contributed by atoms with Crippen LogP contribution in [0.25, 0.3) is 11.1 Å². The molecule has 2 aromatic rings. The van der Waals surface area contributed by atoms with Gasteiger partial charge in [-0.25, -0.2) is 4.79 Å². The van der Waals surface area contributed by atoms with Crippen molar-refractivity contribution in [3.05, 3.63) is 59.7 Å². The van der Waals surface area contributed by atoms with Gasteiger partial charge in [0, 0.05) is 0 Å². The number of aryl methyl sites for hydroxylation is 1. The molecule has 0 amide bonds. The molecule has 0 unspecified atom stereocenters. The average Bonchev–Trinajstić information content (AvgIpc) is 2.76. The van der Waals surface area contributed by atoms with Crippen LogP contribution in [0.4, 0.5) is 0 Å². The maximum atomic E-state index is 12.8. The molecule has 0 saturated heterocycles. The van der Waals surface area contributed by atoms with E-state index in [2.05, 4.69) is 38.1 Å². The number of carbonyl (C=O) groups is 1. The molecule has 3 saturated carbocycles. The summed E-state index contributed by atoms with van der Waals surface area (Å²) in [5, 5.41) is 0. The number of carbonyl (C=O) groups excluding carboxylic acids is 1. The predicted octanol–water partition coefficient (Wildman–Crippen LogP) is 7.36. The van der Waals surface area contributed by atoms with E-state index < -0.39 is 0 Å². The third-order valence-corrected chi connectivity index (χ3v) is 7.34. The van der Waals surface area contributed by atoms with Crippen molar-refractivity contribution in [2.45, 2.75) is 83.7 Å². The third kappa shape index (κ3) is 4.57. The van der Waals surface area contributed by atoms with Gasteiger partial charge in [-0.3, -0.25) is 0 Å². The number of ether oxygens (including phenoxy) is 1. The minimum absolute atomic E-state index is 0.159. The van der Waals surface area contributed by atoms with E-state index in [0.717, 1.165) is 31.2 Å². The Kier molecular flexibility index (Phi) is 5.81. The first kappa shape index (κ1) is 20.2. The molecule has 3 aliphatic rings. The fourth-order valence-electron chi connectivity index (χ4n) is 4.99. The average molecular weight is 391 g/mol. The summed E-state index contributed by atoms with van der Waals surface area (Å²) in [4.78, 5) is 12.8. The van der Waals surface area contributed by atoms with Gasteiger partial charge in [0.2, 0.25) is 0 Å². The van der Waals surface area contributed by atoms with Crippen molar-refractivity contribution in [2.24, 2.45) is 5.41 Å². The predicted molar refractivity (Wildman–Crippen MR) is 119 cm³/mol. The highest BCUT2D eigenvalue weighted by atomic mass is 16.6. The summed E-state index contributed by atoms with van der Waals surface area (Å²) in [5.41, 5.74) is 4.69. The number of hydrogen-bond acceptors (Lipinski definition) is 2. The van der Waals surface area contributed by atoms with Crippen LogP contribution in [0.2, 0.25) is 0 Å². The molecule has 0 heterocycles. The van der Waals surface area contributed by atoms with Crippen molar-refractivity contribution in [1.29, 1.82) is 0 Å². The third-order valence-electron chi connectivity index (χ3n) is 7.34. The van der Waals surface area contributed by atoms with Gasteiger partial charge in [-0.05, 0) is 85.6 Å². The molecule has 0 spiro atoms. The molecule has 3 fully saturated rings. The van der Waals surface area contributed by atoms with E-state index >= 15 is 0 Å². The summed E-state index contributed by atoms with van der Waals surface area (Å²) >= 11 is 0. The van der Waals surface area contributed by atoms with Crippen LogP contribution in [0.3, 0.4) is 0 Å². The number of hydrogen-bond donors (Lipinski definition) is 0. The maximum Gasteiger partial charge on any atom is 0.338 e. The van der Waals surface area contributed by atoms with Crippen molar-refractivity contribution in [3.8, 4) is 11.1 Å². The molecule has 0 atom stereocenters. The van der Waals surface area contributed by atoms with Gasteiger partial charge in [0.15, 0.2) is 0 Å². The van der Waals surface area contributed by atoms with Crippen molar-refractivity contribution in [2.75, 3.05) is 0 Å². The van der Waals surface area contributed by atoms with Gasteiger partial charge in [0.25, 0.3) is 0 Å². The lowest BCUT2D eigenvalue weighted by atomic mass is 9.59. The van der Waals surface area contributed by atoms with Gasteiger partial charge in [0.05, 0.1) is 5.56 Å². The van der Waals surface area contributed by atoms with E-state index in [1.165, 1.54) is 49.7 Å². The van der Waals surface area contributed by atoms with E-state index in [4.69, 9.17) is 4.74 Å². The normalized spacial score (nSPS) is 25.7. The molecule has 0 radical (unpaired) electrons. The molecular weight excluding hydrogens is 356 g/mol. The monoisotopic (exact) mass is 390 g/mol. The first-order valence-electron chi connectivity index (χ1n) is 11.4. The van der Waals surface area contributed by atoms with E-state index in [1.807, 2.05) is 24.3 Å². The van der Waals surface area contributed by atoms with E-state index in [9.17, 15) is 4.79 Å². The van der Waals surface area contributed by atoms with E-state index in [1.54, 1.807) is 0 Å². The Morgan fingerprint density at radius 2 is 1.38 bits per heavy atom. The van der Waals surface area contributed by atoms with Gasteiger partial charge >= 0.3 is 5.97 Å². The van der Waals surface area contributed by atoms with Crippen LogP contribution in [0, 0.1) is 5.41 Å². The molecule has 0 N–H and O–H groups in total. The van der Waals surface area contributed by atoms with Crippen molar-refractivity contribution >= 4 is 5.97 Å². The molecule has 2 bridgehead atoms. The second-order valence-corrected chi connectivity index (χ2v) is 9.61. The molecular formula is C27H34O2. The minimum Gasteiger partial charge on any atom is -0.455 e. The zero-order valence-electron chi connectivity index (χ0n) is 18.0. The second kappa shape index (κ2) is 8.34. The summed E-state index contributed by atoms with van der Waals surface area (Å²) in [5.74, 6) is -0.159. The van der Waals surface area contributed by atoms with Crippen LogP contribution < -0.4 is 0 Å². The SMILES string of the molecule is CCCCCc1ccc(-c2ccc(C(=O)OC34CCC(C)(CC3)CC4)cc2)cc1. The van der Waals surface area contributed by atoms with Crippen LogP contribution in [-0.2, 0) is 11.2 Å². The Balaban J connectivity index is 1.38. The quantitative estimate of drug-likeness (QED) is 0.365. The van der Waals surface area contributed by atoms with Crippen molar-refractivity contribution in [1.82, 2.24) is 0 Å². The highest BCUT2D eigenvalue weighted by Gasteiger charge is 2.48. The molecule has 154 valence electrons. The zero-order chi connectivity index (χ0) is 20.3. The first-order chi connectivity index (χ1) is 14.0. The summed E-state index contributed by atoms with van der Waals surface area (Å²) in [7, 11) is 0. The van der Waals surface area contributed by atoms with Crippen LogP contribution >= 0.6 is 0 Å². The Labute approximate surface area is 175 Å². The standard InChI is InChI=1S/C27H34O2/c1-3-4-5-6-21-7-9-22(10-8-21)23-11-13-24(14-12-23)25(28)29-27-18-15-26(2,16-19-27)17-20-27/h7-14H,3-6,15-20H2,1-2H3. The van der Waals surface area contributed by atoms with Gasteiger partial charge in [0.1, 0.15) is 5.60 Å². The number of fused-ring (bicyclic) bond motifs is 3. The van der Waals surface area contributed by atoms with Crippen LogP contribution in [0.15, 0.2) is 48.5 Å². The highest BCUT2D eigenvalue weighted by Crippen LogP contribution is 2.53. The van der Waals surface area contributed by atoms with Gasteiger partial charge < -0.3 is 4.74 Å². The lowest BCUT2D eigenvalue weighted by Gasteiger charge is -2.51. The maximum absolute atomic E-state index is 12.8. The van der Waals surface area contributed by atoms with Crippen molar-refractivity contribution < 1.29 is 9.53 Å². The molecule has 0 aliphatic heterocycles. The fourth-order valence-corrected chi connectivity index (χ4v) is 4.99. The second-order valence-electron chi connectivity index (χ2n) is 9.61. The molecule has 0 aromatic heterocycles. The number of rotatable bonds is 7. The molecule has 29 heavy (non-hydrogen) atoms. The number of benzene rings is 2. The molecule has 3 aliphatic carbocycles. The van der Waals surface area contributed by atoms with Gasteiger partial charge in [-0.1, -0.05) is 63.1 Å². The lowest BCUT2D eigenvalue weighted by Crippen LogP contribution is -2.47. The summed E-state index contributed by atoms with van der Waals surface area (Å²) in [6, 6.07) is 16.7.